The van der Waals surface area contributed by atoms with Gasteiger partial charge in [-0.05, 0) is 115 Å². The van der Waals surface area contributed by atoms with E-state index in [0.717, 1.165) is 129 Å². The standard InChI is InChI=1S/C58H34N4O2P2S2/c67-65-53-40-25-13-27-42(53)61(38-21-9-3-10-22-38)46-33-35-34-49-58-51(50(35)52(57(46)65)64-48-32-16-30-45(56(48)65)59(40)36-17-5-1-6-18-36)62(39-23-11-4-12-24-39)43-28-14-26-41-54(43)66(58,68)55-44(29-15-31-47(55)63-49)60(41)37-19-7-2-8-20-37/h1-34H. The zero-order valence-corrected chi connectivity index (χ0v) is 39.4. The van der Waals surface area contributed by atoms with Crippen LogP contribution in [0, 0.1) is 0 Å². The maximum Gasteiger partial charge on any atom is 0.148 e. The van der Waals surface area contributed by atoms with Crippen LogP contribution >= 0.6 is 12.1 Å². The van der Waals surface area contributed by atoms with Crippen LogP contribution < -0.4 is 60.9 Å². The zero-order valence-electron chi connectivity index (χ0n) is 35.9. The van der Waals surface area contributed by atoms with Crippen LogP contribution in [-0.4, -0.2) is 0 Å². The predicted molar refractivity (Wildman–Crippen MR) is 289 cm³/mol. The van der Waals surface area contributed by atoms with Crippen LogP contribution in [0.15, 0.2) is 206 Å². The number of ether oxygens (including phenoxy) is 2. The van der Waals surface area contributed by atoms with Gasteiger partial charge in [-0.2, -0.15) is 0 Å². The van der Waals surface area contributed by atoms with Gasteiger partial charge in [0.15, 0.2) is 0 Å². The minimum Gasteiger partial charge on any atom is -0.456 e. The van der Waals surface area contributed by atoms with Gasteiger partial charge in [0, 0.05) is 33.4 Å². The number of hydrogen-bond donors (Lipinski definition) is 0. The molecule has 10 aromatic carbocycles. The fourth-order valence-electron chi connectivity index (χ4n) is 12.0. The molecular weight excluding hydrogens is 911 g/mol. The second kappa shape index (κ2) is 13.2. The van der Waals surface area contributed by atoms with E-state index < -0.39 is 12.1 Å². The first-order valence-electron chi connectivity index (χ1n) is 22.7. The van der Waals surface area contributed by atoms with Gasteiger partial charge >= 0.3 is 0 Å². The maximum absolute atomic E-state index is 7.68. The summed E-state index contributed by atoms with van der Waals surface area (Å²) in [5, 5.41) is 8.58. The lowest BCUT2D eigenvalue weighted by Crippen LogP contribution is -2.46. The highest BCUT2D eigenvalue weighted by Crippen LogP contribution is 2.71. The predicted octanol–water partition coefficient (Wildman–Crippen LogP) is 13.7. The summed E-state index contributed by atoms with van der Waals surface area (Å²) in [6, 6.07) is 67.8. The molecule has 6 nitrogen and oxygen atoms in total. The summed E-state index contributed by atoms with van der Waals surface area (Å²) in [7, 11) is 0. The van der Waals surface area contributed by atoms with E-state index in [2.05, 4.69) is 226 Å². The normalized spacial score (nSPS) is 18.6. The average molecular weight is 945 g/mol. The van der Waals surface area contributed by atoms with Crippen molar-refractivity contribution in [2.75, 3.05) is 19.6 Å². The Morgan fingerprint density at radius 1 is 0.309 bits per heavy atom. The van der Waals surface area contributed by atoms with Crippen LogP contribution in [0.2, 0.25) is 0 Å². The summed E-state index contributed by atoms with van der Waals surface area (Å²) in [5.74, 6) is 3.18. The van der Waals surface area contributed by atoms with E-state index in [9.17, 15) is 0 Å². The minimum absolute atomic E-state index is 0.782. The Balaban J connectivity index is 1.08. The van der Waals surface area contributed by atoms with E-state index in [1.165, 1.54) is 5.30 Å². The van der Waals surface area contributed by atoms with E-state index in [4.69, 9.17) is 33.1 Å². The van der Waals surface area contributed by atoms with Gasteiger partial charge in [0.2, 0.25) is 0 Å². The largest absolute Gasteiger partial charge is 0.456 e. The Labute approximate surface area is 402 Å². The second-order valence-corrected chi connectivity index (χ2v) is 26.3. The lowest BCUT2D eigenvalue weighted by atomic mass is 10.0. The quantitative estimate of drug-likeness (QED) is 0.161. The minimum atomic E-state index is -2.88. The lowest BCUT2D eigenvalue weighted by molar-refractivity contribution is 0.488. The van der Waals surface area contributed by atoms with Crippen molar-refractivity contribution < 1.29 is 9.47 Å². The van der Waals surface area contributed by atoms with Gasteiger partial charge in [0.1, 0.15) is 23.0 Å². The molecule has 0 spiro atoms. The van der Waals surface area contributed by atoms with Crippen molar-refractivity contribution in [3.8, 4) is 23.0 Å². The summed E-state index contributed by atoms with van der Waals surface area (Å²) in [4.78, 5) is 9.62. The molecule has 0 fully saturated rings. The number of hydrogen-bond acceptors (Lipinski definition) is 8. The second-order valence-electron chi connectivity index (χ2n) is 17.9. The van der Waals surface area contributed by atoms with Crippen LogP contribution in [0.3, 0.4) is 0 Å². The zero-order chi connectivity index (χ0) is 44.6. The van der Waals surface area contributed by atoms with Gasteiger partial charge in [-0.1, -0.05) is 121 Å². The van der Waals surface area contributed by atoms with Gasteiger partial charge in [-0.15, -0.1) is 0 Å². The van der Waals surface area contributed by atoms with Crippen LogP contribution in [0.5, 0.6) is 23.0 Å². The fraction of sp³-hybridized carbons (Fsp3) is 0. The van der Waals surface area contributed by atoms with E-state index in [0.29, 0.717) is 0 Å². The molecule has 68 heavy (non-hydrogen) atoms. The Hall–Kier alpha value is -7.44. The van der Waals surface area contributed by atoms with Crippen molar-refractivity contribution >= 4 is 147 Å². The Kier molecular flexibility index (Phi) is 7.28. The summed E-state index contributed by atoms with van der Waals surface area (Å²) in [5.41, 5.74) is 12.7. The smallest absolute Gasteiger partial charge is 0.148 e. The SMILES string of the molecule is S=P12c3c4cccc3N(c3ccccc3)c3cccc(c31)N(c1ccccc1)c1cc3cc5c6c(c3c(c12)O4)N(c1ccccc1)c1cccc2c1P6(=S)c1c(cccc1N2c1ccccc1)O5. The lowest BCUT2D eigenvalue weighted by Gasteiger charge is -2.50. The summed E-state index contributed by atoms with van der Waals surface area (Å²) >= 11 is 15.1. The topological polar surface area (TPSA) is 31.4 Å². The third-order valence-corrected chi connectivity index (χ3v) is 24.2. The number of fused-ring (bicyclic) bond motifs is 3. The van der Waals surface area contributed by atoms with Gasteiger partial charge < -0.3 is 29.1 Å². The van der Waals surface area contributed by atoms with E-state index in [-0.39, 0.29) is 0 Å². The molecule has 0 saturated heterocycles. The summed E-state index contributed by atoms with van der Waals surface area (Å²) in [6.45, 7) is 0. The molecule has 320 valence electrons. The van der Waals surface area contributed by atoms with Gasteiger partial charge in [0.25, 0.3) is 0 Å². The molecular formula is C58H34N4O2P2S2. The molecule has 6 heterocycles. The first-order valence-corrected chi connectivity index (χ1v) is 28.3. The Morgan fingerprint density at radius 3 is 1.18 bits per heavy atom. The van der Waals surface area contributed by atoms with Crippen molar-refractivity contribution in [3.63, 3.8) is 0 Å². The van der Waals surface area contributed by atoms with E-state index >= 15 is 0 Å². The molecule has 0 saturated carbocycles. The van der Waals surface area contributed by atoms with E-state index in [1.807, 2.05) is 0 Å². The highest BCUT2D eigenvalue weighted by Gasteiger charge is 2.55. The van der Waals surface area contributed by atoms with Crippen LogP contribution in [0.25, 0.3) is 10.8 Å². The van der Waals surface area contributed by atoms with Crippen LogP contribution in [0.4, 0.5) is 68.2 Å². The van der Waals surface area contributed by atoms with Crippen LogP contribution in [-0.2, 0) is 23.6 Å². The average Bonchev–Trinajstić information content (AvgIpc) is 3.37. The Morgan fingerprint density at radius 2 is 0.691 bits per heavy atom. The van der Waals surface area contributed by atoms with E-state index in [1.54, 1.807) is 0 Å². The first kappa shape index (κ1) is 37.6. The number of nitrogens with zero attached hydrogens (tertiary/aromatic N) is 4. The molecule has 10 heteroatoms. The molecule has 2 unspecified atom stereocenters. The van der Waals surface area contributed by atoms with Gasteiger partial charge in [-0.3, -0.25) is 0 Å². The van der Waals surface area contributed by atoms with Crippen molar-refractivity contribution in [1.82, 2.24) is 0 Å². The van der Waals surface area contributed by atoms with Crippen molar-refractivity contribution in [2.45, 2.75) is 0 Å². The highest BCUT2D eigenvalue weighted by molar-refractivity contribution is 8.27. The van der Waals surface area contributed by atoms with Gasteiger partial charge in [0.05, 0.1) is 84.2 Å². The van der Waals surface area contributed by atoms with Gasteiger partial charge in [-0.25, -0.2) is 0 Å². The Bertz CT molecular complexity index is 4020. The molecule has 2 atom stereocenters. The van der Waals surface area contributed by atoms with Crippen LogP contribution in [0.1, 0.15) is 0 Å². The molecule has 16 rings (SSSR count). The number of rotatable bonds is 4. The summed E-state index contributed by atoms with van der Waals surface area (Å²) in [6.07, 6.45) is 0. The molecule has 0 radical (unpaired) electrons. The third-order valence-electron chi connectivity index (χ3n) is 14.5. The van der Waals surface area contributed by atoms with Crippen molar-refractivity contribution in [2.24, 2.45) is 0 Å². The third kappa shape index (κ3) is 4.46. The monoisotopic (exact) mass is 944 g/mol. The molecule has 0 aliphatic carbocycles. The molecule has 0 N–H and O–H groups in total. The fourth-order valence-corrected chi connectivity index (χ4v) is 22.4. The number of benzene rings is 10. The molecule has 0 bridgehead atoms. The highest BCUT2D eigenvalue weighted by atomic mass is 32.4. The molecule has 10 aromatic rings. The first-order chi connectivity index (χ1) is 33.5. The molecule has 6 aliphatic rings. The number of para-hydroxylation sites is 4. The maximum atomic E-state index is 7.68. The van der Waals surface area contributed by atoms with Crippen molar-refractivity contribution in [3.05, 3.63) is 206 Å². The molecule has 0 aromatic heterocycles. The number of anilines is 12. The van der Waals surface area contributed by atoms with Crippen molar-refractivity contribution in [1.29, 1.82) is 0 Å². The molecule has 6 aliphatic heterocycles. The summed E-state index contributed by atoms with van der Waals surface area (Å²) < 4.78 is 15.0. The molecule has 0 amide bonds.